The van der Waals surface area contributed by atoms with Crippen LogP contribution in [0.3, 0.4) is 0 Å². The summed E-state index contributed by atoms with van der Waals surface area (Å²) in [6, 6.07) is 6.86. The van der Waals surface area contributed by atoms with Gasteiger partial charge in [0.05, 0.1) is 0 Å². The van der Waals surface area contributed by atoms with Crippen LogP contribution in [0.2, 0.25) is 0 Å². The monoisotopic (exact) mass is 254 g/mol. The van der Waals surface area contributed by atoms with Gasteiger partial charge in [0, 0.05) is 7.11 Å². The van der Waals surface area contributed by atoms with E-state index in [0.717, 1.165) is 7.11 Å². The molecule has 90 valence electrons. The maximum atomic E-state index is 12.4. The number of aliphatic hydroxyl groups excluding tert-OH is 1. The van der Waals surface area contributed by atoms with Crippen LogP contribution >= 0.6 is 11.6 Å². The molecule has 0 aliphatic carbocycles. The van der Waals surface area contributed by atoms with Crippen LogP contribution in [0.4, 0.5) is 13.2 Å². The van der Waals surface area contributed by atoms with Crippen molar-refractivity contribution in [2.75, 3.05) is 7.11 Å². The Morgan fingerprint density at radius 3 is 2.00 bits per heavy atom. The molecule has 0 aromatic heterocycles. The molecule has 1 aromatic rings. The van der Waals surface area contributed by atoms with Crippen molar-refractivity contribution in [2.45, 2.75) is 12.1 Å². The minimum absolute atomic E-state index is 0.139. The Morgan fingerprint density at radius 2 is 1.69 bits per heavy atom. The molecule has 1 unspecified atom stereocenters. The molecule has 0 fully saturated rings. The number of benzene rings is 1. The summed E-state index contributed by atoms with van der Waals surface area (Å²) in [6.45, 7) is 0. The SMILES string of the molecule is CO.O=C(Cl)C(c1ccccc1)C(F)(F)F. The van der Waals surface area contributed by atoms with Crippen LogP contribution in [-0.2, 0) is 4.79 Å². The lowest BCUT2D eigenvalue weighted by Gasteiger charge is -2.16. The molecule has 2 nitrogen and oxygen atoms in total. The molecule has 0 bridgehead atoms. The molecule has 0 saturated carbocycles. The molecule has 6 heteroatoms. The second-order valence-corrected chi connectivity index (χ2v) is 3.06. The number of halogens is 4. The van der Waals surface area contributed by atoms with Gasteiger partial charge in [-0.05, 0) is 17.2 Å². The predicted octanol–water partition coefficient (Wildman–Crippen LogP) is 2.71. The molecule has 0 amide bonds. The van der Waals surface area contributed by atoms with Crippen LogP contribution in [0.15, 0.2) is 30.3 Å². The second kappa shape index (κ2) is 6.50. The maximum absolute atomic E-state index is 12.4. The molecule has 0 radical (unpaired) electrons. The average Bonchev–Trinajstić information content (AvgIpc) is 2.19. The van der Waals surface area contributed by atoms with Crippen molar-refractivity contribution < 1.29 is 23.1 Å². The molecule has 1 atom stereocenters. The number of carbonyl (C=O) groups excluding carboxylic acids is 1. The second-order valence-electron chi connectivity index (χ2n) is 2.69. The highest BCUT2D eigenvalue weighted by atomic mass is 35.5. The third kappa shape index (κ3) is 4.20. The van der Waals surface area contributed by atoms with E-state index in [1.807, 2.05) is 0 Å². The zero-order valence-corrected chi connectivity index (χ0v) is 9.09. The van der Waals surface area contributed by atoms with E-state index in [0.29, 0.717) is 0 Å². The lowest BCUT2D eigenvalue weighted by molar-refractivity contribution is -0.158. The summed E-state index contributed by atoms with van der Waals surface area (Å²) in [6.07, 6.45) is -4.64. The fourth-order valence-corrected chi connectivity index (χ4v) is 1.34. The van der Waals surface area contributed by atoms with Gasteiger partial charge in [-0.25, -0.2) is 0 Å². The molecule has 1 N–H and O–H groups in total. The van der Waals surface area contributed by atoms with Crippen molar-refractivity contribution in [3.8, 4) is 0 Å². The molecule has 0 spiro atoms. The van der Waals surface area contributed by atoms with E-state index in [1.54, 1.807) is 6.07 Å². The molecule has 1 aromatic carbocycles. The Bertz CT molecular complexity index is 325. The topological polar surface area (TPSA) is 37.3 Å². The lowest BCUT2D eigenvalue weighted by Crippen LogP contribution is -2.25. The van der Waals surface area contributed by atoms with Gasteiger partial charge in [-0.2, -0.15) is 13.2 Å². The summed E-state index contributed by atoms with van der Waals surface area (Å²) in [5, 5.41) is 5.59. The fraction of sp³-hybridized carbons (Fsp3) is 0.300. The summed E-state index contributed by atoms with van der Waals surface area (Å²) in [5.41, 5.74) is -0.139. The summed E-state index contributed by atoms with van der Waals surface area (Å²) >= 11 is 4.90. The van der Waals surface area contributed by atoms with E-state index >= 15 is 0 Å². The lowest BCUT2D eigenvalue weighted by atomic mass is 10.0. The Morgan fingerprint density at radius 1 is 1.25 bits per heavy atom. The average molecular weight is 255 g/mol. The highest BCUT2D eigenvalue weighted by Gasteiger charge is 2.45. The van der Waals surface area contributed by atoms with E-state index in [2.05, 4.69) is 0 Å². The van der Waals surface area contributed by atoms with Gasteiger partial charge in [0.25, 0.3) is 0 Å². The number of rotatable bonds is 2. The first-order valence-corrected chi connectivity index (χ1v) is 4.56. The van der Waals surface area contributed by atoms with Gasteiger partial charge in [0.2, 0.25) is 5.24 Å². The highest BCUT2D eigenvalue weighted by molar-refractivity contribution is 6.64. The third-order valence-electron chi connectivity index (χ3n) is 1.69. The maximum Gasteiger partial charge on any atom is 0.403 e. The van der Waals surface area contributed by atoms with E-state index in [9.17, 15) is 18.0 Å². The summed E-state index contributed by atoms with van der Waals surface area (Å²) in [5.74, 6) is -2.23. The summed E-state index contributed by atoms with van der Waals surface area (Å²) in [7, 11) is 1.00. The van der Waals surface area contributed by atoms with E-state index in [4.69, 9.17) is 16.7 Å². The molecular weight excluding hydrogens is 245 g/mol. The van der Waals surface area contributed by atoms with Crippen molar-refractivity contribution in [3.63, 3.8) is 0 Å². The largest absolute Gasteiger partial charge is 0.403 e. The number of hydrogen-bond donors (Lipinski definition) is 1. The van der Waals surface area contributed by atoms with E-state index in [1.165, 1.54) is 24.3 Å². The van der Waals surface area contributed by atoms with Crippen LogP contribution in [0.1, 0.15) is 11.5 Å². The predicted molar refractivity (Wildman–Crippen MR) is 54.2 cm³/mol. The Kier molecular flexibility index (Phi) is 6.06. The Balaban J connectivity index is 0.00000106. The fourth-order valence-electron chi connectivity index (χ4n) is 1.09. The quantitative estimate of drug-likeness (QED) is 0.824. The van der Waals surface area contributed by atoms with Gasteiger partial charge in [0.1, 0.15) is 0 Å². The van der Waals surface area contributed by atoms with Crippen molar-refractivity contribution >= 4 is 16.8 Å². The first-order chi connectivity index (χ1) is 7.43. The Hall–Kier alpha value is -1.07. The Labute approximate surface area is 95.7 Å². The number of alkyl halides is 3. The van der Waals surface area contributed by atoms with Crippen molar-refractivity contribution in [2.24, 2.45) is 0 Å². The highest BCUT2D eigenvalue weighted by Crippen LogP contribution is 2.36. The van der Waals surface area contributed by atoms with Gasteiger partial charge in [0.15, 0.2) is 5.92 Å². The van der Waals surface area contributed by atoms with Crippen LogP contribution in [-0.4, -0.2) is 23.6 Å². The van der Waals surface area contributed by atoms with Crippen LogP contribution in [0.25, 0.3) is 0 Å². The van der Waals surface area contributed by atoms with Crippen molar-refractivity contribution in [1.29, 1.82) is 0 Å². The first-order valence-electron chi connectivity index (χ1n) is 4.18. The zero-order chi connectivity index (χ0) is 12.8. The number of carbonyl (C=O) groups is 1. The molecule has 0 heterocycles. The van der Waals surface area contributed by atoms with Crippen LogP contribution in [0, 0.1) is 0 Å². The van der Waals surface area contributed by atoms with Gasteiger partial charge >= 0.3 is 6.18 Å². The zero-order valence-electron chi connectivity index (χ0n) is 8.33. The standard InChI is InChI=1S/C9H6ClF3O.CH4O/c10-8(14)7(9(11,12)13)6-4-2-1-3-5-6;1-2/h1-5,7H;2H,1H3. The van der Waals surface area contributed by atoms with Gasteiger partial charge in [-0.3, -0.25) is 4.79 Å². The smallest absolute Gasteiger partial charge is 0.400 e. The minimum Gasteiger partial charge on any atom is -0.400 e. The molecule has 0 saturated heterocycles. The summed E-state index contributed by atoms with van der Waals surface area (Å²) < 4.78 is 37.1. The summed E-state index contributed by atoms with van der Waals surface area (Å²) in [4.78, 5) is 10.6. The van der Waals surface area contributed by atoms with Gasteiger partial charge < -0.3 is 5.11 Å². The molecular formula is C10H10ClF3O2. The normalized spacial score (nSPS) is 12.4. The van der Waals surface area contributed by atoms with E-state index in [-0.39, 0.29) is 5.56 Å². The number of hydrogen-bond acceptors (Lipinski definition) is 2. The minimum atomic E-state index is -4.64. The number of aliphatic hydroxyl groups is 1. The first kappa shape index (κ1) is 14.9. The van der Waals surface area contributed by atoms with Crippen LogP contribution < -0.4 is 0 Å². The molecule has 16 heavy (non-hydrogen) atoms. The van der Waals surface area contributed by atoms with Gasteiger partial charge in [-0.15, -0.1) is 0 Å². The molecule has 1 rings (SSSR count). The molecule has 0 aliphatic rings. The van der Waals surface area contributed by atoms with Crippen molar-refractivity contribution in [3.05, 3.63) is 35.9 Å². The van der Waals surface area contributed by atoms with Crippen molar-refractivity contribution in [1.82, 2.24) is 0 Å². The van der Waals surface area contributed by atoms with E-state index < -0.39 is 17.3 Å². The molecule has 0 aliphatic heterocycles. The van der Waals surface area contributed by atoms with Crippen LogP contribution in [0.5, 0.6) is 0 Å². The van der Waals surface area contributed by atoms with Gasteiger partial charge in [-0.1, -0.05) is 30.3 Å². The third-order valence-corrected chi connectivity index (χ3v) is 1.91.